The number of amides is 1. The molecule has 0 fully saturated rings. The van der Waals surface area contributed by atoms with E-state index in [1.807, 2.05) is 6.92 Å². The standard InChI is InChI=1S/C25H18BrCl3N2O3/c1-2-33-23-11-15(9-17(13-30)16-3-5-18(27)6-4-16)10-20(26)25(23)34-14-24(32)31-19-7-8-21(28)22(29)12-19/h3-12H,2,14H2,1H3,(H,31,32)/b17-9+. The summed E-state index contributed by atoms with van der Waals surface area (Å²) in [6.45, 7) is 1.96. The van der Waals surface area contributed by atoms with Crippen molar-refractivity contribution in [3.8, 4) is 17.6 Å². The van der Waals surface area contributed by atoms with Gasteiger partial charge in [-0.05, 0) is 82.5 Å². The quantitative estimate of drug-likeness (QED) is 0.217. The first-order valence-electron chi connectivity index (χ1n) is 10.0. The third-order valence-corrected chi connectivity index (χ3v) is 6.05. The Morgan fingerprint density at radius 3 is 2.44 bits per heavy atom. The maximum atomic E-state index is 12.4. The molecule has 0 saturated heterocycles. The number of carbonyl (C=O) groups excluding carboxylic acids is 1. The molecule has 5 nitrogen and oxygen atoms in total. The molecular weight excluding hydrogens is 563 g/mol. The minimum atomic E-state index is -0.383. The van der Waals surface area contributed by atoms with Gasteiger partial charge in [0.15, 0.2) is 18.1 Å². The van der Waals surface area contributed by atoms with Crippen molar-refractivity contribution >= 4 is 74.0 Å². The Bertz CT molecular complexity index is 1270. The maximum absolute atomic E-state index is 12.4. The zero-order valence-electron chi connectivity index (χ0n) is 17.9. The van der Waals surface area contributed by atoms with Crippen molar-refractivity contribution in [1.82, 2.24) is 0 Å². The molecule has 3 rings (SSSR count). The summed E-state index contributed by atoms with van der Waals surface area (Å²) in [4.78, 5) is 12.4. The molecule has 174 valence electrons. The summed E-state index contributed by atoms with van der Waals surface area (Å²) < 4.78 is 12.0. The van der Waals surface area contributed by atoms with Crippen molar-refractivity contribution < 1.29 is 14.3 Å². The Kier molecular flexibility index (Phi) is 9.26. The van der Waals surface area contributed by atoms with Gasteiger partial charge in [-0.3, -0.25) is 4.79 Å². The number of hydrogen-bond acceptors (Lipinski definition) is 4. The van der Waals surface area contributed by atoms with Crippen molar-refractivity contribution in [1.29, 1.82) is 5.26 Å². The maximum Gasteiger partial charge on any atom is 0.262 e. The van der Waals surface area contributed by atoms with Crippen LogP contribution in [0.1, 0.15) is 18.1 Å². The first kappa shape index (κ1) is 25.9. The Balaban J connectivity index is 1.80. The van der Waals surface area contributed by atoms with E-state index in [4.69, 9.17) is 44.3 Å². The summed E-state index contributed by atoms with van der Waals surface area (Å²) in [5.74, 6) is 0.415. The minimum absolute atomic E-state index is 0.262. The zero-order chi connectivity index (χ0) is 24.7. The number of carbonyl (C=O) groups is 1. The van der Waals surface area contributed by atoms with E-state index in [1.54, 1.807) is 60.7 Å². The molecule has 9 heteroatoms. The summed E-state index contributed by atoms with van der Waals surface area (Å²) in [5, 5.41) is 13.6. The highest BCUT2D eigenvalue weighted by Crippen LogP contribution is 2.38. The number of allylic oxidation sites excluding steroid dienone is 1. The van der Waals surface area contributed by atoms with Crippen LogP contribution < -0.4 is 14.8 Å². The Morgan fingerprint density at radius 1 is 1.06 bits per heavy atom. The van der Waals surface area contributed by atoms with Crippen LogP contribution in [0.25, 0.3) is 11.6 Å². The highest BCUT2D eigenvalue weighted by atomic mass is 79.9. The Labute approximate surface area is 221 Å². The molecule has 0 unspecified atom stereocenters. The van der Waals surface area contributed by atoms with Gasteiger partial charge in [-0.2, -0.15) is 5.26 Å². The number of nitriles is 1. The molecule has 0 atom stereocenters. The second-order valence-corrected chi connectivity index (χ2v) is 9.01. The smallest absolute Gasteiger partial charge is 0.262 e. The molecule has 1 N–H and O–H groups in total. The second kappa shape index (κ2) is 12.1. The third-order valence-electron chi connectivity index (χ3n) is 4.47. The lowest BCUT2D eigenvalue weighted by molar-refractivity contribution is -0.118. The van der Waals surface area contributed by atoms with E-state index < -0.39 is 0 Å². The van der Waals surface area contributed by atoms with Crippen molar-refractivity contribution in [2.75, 3.05) is 18.5 Å². The van der Waals surface area contributed by atoms with Gasteiger partial charge >= 0.3 is 0 Å². The second-order valence-electron chi connectivity index (χ2n) is 6.91. The highest BCUT2D eigenvalue weighted by molar-refractivity contribution is 9.10. The highest BCUT2D eigenvalue weighted by Gasteiger charge is 2.15. The van der Waals surface area contributed by atoms with Crippen molar-refractivity contribution in [2.45, 2.75) is 6.92 Å². The molecule has 3 aromatic carbocycles. The van der Waals surface area contributed by atoms with Crippen LogP contribution in [0.4, 0.5) is 5.69 Å². The SMILES string of the molecule is CCOc1cc(/C=C(\C#N)c2ccc(Cl)cc2)cc(Br)c1OCC(=O)Nc1ccc(Cl)c(Cl)c1. The predicted octanol–water partition coefficient (Wildman–Crippen LogP) is 7.89. The van der Waals surface area contributed by atoms with Crippen molar-refractivity contribution in [2.24, 2.45) is 0 Å². The zero-order valence-corrected chi connectivity index (χ0v) is 21.7. The lowest BCUT2D eigenvalue weighted by atomic mass is 10.0. The normalized spacial score (nSPS) is 11.0. The summed E-state index contributed by atoms with van der Waals surface area (Å²) in [5.41, 5.74) is 2.41. The number of rotatable bonds is 8. The molecule has 0 aliphatic heterocycles. The van der Waals surface area contributed by atoms with Crippen LogP contribution in [-0.2, 0) is 4.79 Å². The number of benzene rings is 3. The first-order chi connectivity index (χ1) is 16.3. The topological polar surface area (TPSA) is 71.3 Å². The van der Waals surface area contributed by atoms with Gasteiger partial charge in [-0.1, -0.05) is 46.9 Å². The molecular formula is C25H18BrCl3N2O3. The summed E-state index contributed by atoms with van der Waals surface area (Å²) in [6.07, 6.45) is 1.73. The van der Waals surface area contributed by atoms with Crippen LogP contribution >= 0.6 is 50.7 Å². The average molecular weight is 581 g/mol. The van der Waals surface area contributed by atoms with E-state index in [-0.39, 0.29) is 12.5 Å². The van der Waals surface area contributed by atoms with Crippen molar-refractivity contribution in [3.63, 3.8) is 0 Å². The fraction of sp³-hybridized carbons (Fsp3) is 0.120. The summed E-state index contributed by atoms with van der Waals surface area (Å²) in [6, 6.07) is 17.5. The van der Waals surface area contributed by atoms with Gasteiger partial charge in [0.1, 0.15) is 0 Å². The molecule has 0 radical (unpaired) electrons. The van der Waals surface area contributed by atoms with E-state index in [0.29, 0.717) is 48.9 Å². The largest absolute Gasteiger partial charge is 0.490 e. The number of nitrogens with zero attached hydrogens (tertiary/aromatic N) is 1. The number of hydrogen-bond donors (Lipinski definition) is 1. The van der Waals surface area contributed by atoms with E-state index >= 15 is 0 Å². The van der Waals surface area contributed by atoms with Gasteiger partial charge in [0.05, 0.1) is 32.8 Å². The molecule has 34 heavy (non-hydrogen) atoms. The van der Waals surface area contributed by atoms with Crippen LogP contribution in [0, 0.1) is 11.3 Å². The monoisotopic (exact) mass is 578 g/mol. The average Bonchev–Trinajstić information content (AvgIpc) is 2.80. The summed E-state index contributed by atoms with van der Waals surface area (Å²) >= 11 is 21.3. The fourth-order valence-corrected chi connectivity index (χ4v) is 3.96. The minimum Gasteiger partial charge on any atom is -0.490 e. The molecule has 3 aromatic rings. The Morgan fingerprint density at radius 2 is 1.79 bits per heavy atom. The summed E-state index contributed by atoms with van der Waals surface area (Å²) in [7, 11) is 0. The molecule has 0 aromatic heterocycles. The Hall–Kier alpha value is -2.69. The molecule has 0 heterocycles. The van der Waals surface area contributed by atoms with E-state index in [9.17, 15) is 10.1 Å². The van der Waals surface area contributed by atoms with E-state index in [1.165, 1.54) is 0 Å². The van der Waals surface area contributed by atoms with E-state index in [2.05, 4.69) is 27.3 Å². The van der Waals surface area contributed by atoms with Crippen LogP contribution in [0.2, 0.25) is 15.1 Å². The van der Waals surface area contributed by atoms with Gasteiger partial charge in [0, 0.05) is 10.7 Å². The van der Waals surface area contributed by atoms with Gasteiger partial charge in [-0.25, -0.2) is 0 Å². The molecule has 0 aliphatic rings. The third kappa shape index (κ3) is 6.91. The molecule has 1 amide bonds. The molecule has 0 aliphatic carbocycles. The fourth-order valence-electron chi connectivity index (χ4n) is 2.96. The van der Waals surface area contributed by atoms with Crippen LogP contribution in [0.15, 0.2) is 59.1 Å². The van der Waals surface area contributed by atoms with Gasteiger partial charge in [-0.15, -0.1) is 0 Å². The molecule has 0 spiro atoms. The van der Waals surface area contributed by atoms with Crippen molar-refractivity contribution in [3.05, 3.63) is 85.3 Å². The predicted molar refractivity (Wildman–Crippen MR) is 141 cm³/mol. The number of anilines is 1. The van der Waals surface area contributed by atoms with Gasteiger partial charge in [0.2, 0.25) is 0 Å². The van der Waals surface area contributed by atoms with E-state index in [0.717, 1.165) is 11.1 Å². The number of halogens is 4. The lowest BCUT2D eigenvalue weighted by Crippen LogP contribution is -2.20. The molecule has 0 bridgehead atoms. The van der Waals surface area contributed by atoms with Crippen LogP contribution in [0.3, 0.4) is 0 Å². The first-order valence-corrected chi connectivity index (χ1v) is 11.9. The van der Waals surface area contributed by atoms with Gasteiger partial charge < -0.3 is 14.8 Å². The number of ether oxygens (including phenoxy) is 2. The van der Waals surface area contributed by atoms with Gasteiger partial charge in [0.25, 0.3) is 5.91 Å². The van der Waals surface area contributed by atoms with Crippen LogP contribution in [-0.4, -0.2) is 19.1 Å². The number of nitrogens with one attached hydrogen (secondary N) is 1. The lowest BCUT2D eigenvalue weighted by Gasteiger charge is -2.15. The van der Waals surface area contributed by atoms with Crippen LogP contribution in [0.5, 0.6) is 11.5 Å². The molecule has 0 saturated carbocycles.